The summed E-state index contributed by atoms with van der Waals surface area (Å²) in [5, 5.41) is 2.14. The van der Waals surface area contributed by atoms with Crippen LogP contribution in [-0.4, -0.2) is 15.0 Å². The van der Waals surface area contributed by atoms with Crippen LogP contribution in [0.5, 0.6) is 0 Å². The topological polar surface area (TPSA) is 51.8 Å². The van der Waals surface area contributed by atoms with Gasteiger partial charge in [0.05, 0.1) is 5.41 Å². The molecule has 0 radical (unpaired) electrons. The molecule has 2 heterocycles. The summed E-state index contributed by atoms with van der Waals surface area (Å²) >= 11 is 0. The monoisotopic (exact) mass is 791 g/mol. The maximum Gasteiger partial charge on any atom is 0.164 e. The quantitative estimate of drug-likeness (QED) is 0.161. The third-order valence-electron chi connectivity index (χ3n) is 12.4. The van der Waals surface area contributed by atoms with Crippen LogP contribution >= 0.6 is 0 Å². The van der Waals surface area contributed by atoms with Gasteiger partial charge in [0.1, 0.15) is 11.2 Å². The van der Waals surface area contributed by atoms with E-state index in [0.29, 0.717) is 17.5 Å². The Morgan fingerprint density at radius 1 is 0.323 bits per heavy atom. The molecule has 0 N–H and O–H groups in total. The second kappa shape index (κ2) is 14.5. The van der Waals surface area contributed by atoms with Crippen molar-refractivity contribution in [1.29, 1.82) is 0 Å². The summed E-state index contributed by atoms with van der Waals surface area (Å²) in [7, 11) is 0. The second-order valence-electron chi connectivity index (χ2n) is 15.9. The lowest BCUT2D eigenvalue weighted by Gasteiger charge is -2.33. The Balaban J connectivity index is 1.08. The van der Waals surface area contributed by atoms with Crippen LogP contribution in [0.25, 0.3) is 89.5 Å². The molecule has 1 aliphatic rings. The first-order valence-corrected chi connectivity index (χ1v) is 21.0. The van der Waals surface area contributed by atoms with Gasteiger partial charge in [0.15, 0.2) is 17.5 Å². The van der Waals surface area contributed by atoms with Gasteiger partial charge in [-0.05, 0) is 73.8 Å². The molecule has 9 aromatic carbocycles. The first-order chi connectivity index (χ1) is 30.7. The summed E-state index contributed by atoms with van der Waals surface area (Å²) in [4.78, 5) is 15.9. The lowest BCUT2D eigenvalue weighted by molar-refractivity contribution is 0.669. The number of rotatable bonds is 7. The van der Waals surface area contributed by atoms with Crippen molar-refractivity contribution in [3.05, 3.63) is 247 Å². The predicted molar refractivity (Wildman–Crippen MR) is 252 cm³/mol. The summed E-state index contributed by atoms with van der Waals surface area (Å²) in [5.74, 6) is 1.78. The summed E-state index contributed by atoms with van der Waals surface area (Å²) in [5.41, 5.74) is 15.5. The molecular weight excluding hydrogens is 755 g/mol. The average Bonchev–Trinajstić information content (AvgIpc) is 3.89. The molecule has 0 amide bonds. The summed E-state index contributed by atoms with van der Waals surface area (Å²) in [6.07, 6.45) is 0. The molecular formula is C58H37N3O. The minimum atomic E-state index is -0.554. The fraction of sp³-hybridized carbons (Fsp3) is 0.0172. The minimum absolute atomic E-state index is 0.554. The molecule has 0 saturated carbocycles. The molecule has 1 aliphatic carbocycles. The van der Waals surface area contributed by atoms with E-state index in [1.165, 1.54) is 27.8 Å². The molecule has 0 unspecified atom stereocenters. The van der Waals surface area contributed by atoms with Crippen LogP contribution in [0, 0.1) is 0 Å². The molecule has 11 aromatic rings. The van der Waals surface area contributed by atoms with Crippen LogP contribution < -0.4 is 0 Å². The number of hydrogen-bond donors (Lipinski definition) is 0. The van der Waals surface area contributed by atoms with E-state index in [9.17, 15) is 0 Å². The van der Waals surface area contributed by atoms with E-state index < -0.39 is 5.41 Å². The van der Waals surface area contributed by atoms with Crippen molar-refractivity contribution in [1.82, 2.24) is 15.0 Å². The van der Waals surface area contributed by atoms with Gasteiger partial charge in [-0.2, -0.15) is 0 Å². The van der Waals surface area contributed by atoms with E-state index in [-0.39, 0.29) is 0 Å². The Morgan fingerprint density at radius 3 is 1.53 bits per heavy atom. The van der Waals surface area contributed by atoms with E-state index in [1.807, 2.05) is 18.2 Å². The van der Waals surface area contributed by atoms with Gasteiger partial charge >= 0.3 is 0 Å². The molecule has 12 rings (SSSR count). The zero-order chi connectivity index (χ0) is 41.0. The molecule has 0 atom stereocenters. The maximum absolute atomic E-state index is 6.60. The third-order valence-corrected chi connectivity index (χ3v) is 12.4. The molecule has 62 heavy (non-hydrogen) atoms. The van der Waals surface area contributed by atoms with Crippen LogP contribution in [0.3, 0.4) is 0 Å². The van der Waals surface area contributed by atoms with Crippen molar-refractivity contribution in [2.75, 3.05) is 0 Å². The van der Waals surface area contributed by atoms with Gasteiger partial charge in [-0.3, -0.25) is 0 Å². The van der Waals surface area contributed by atoms with Crippen LogP contribution in [0.2, 0.25) is 0 Å². The van der Waals surface area contributed by atoms with Crippen molar-refractivity contribution in [3.63, 3.8) is 0 Å². The number of hydrogen-bond acceptors (Lipinski definition) is 4. The van der Waals surface area contributed by atoms with Crippen LogP contribution in [0.4, 0.5) is 0 Å². The Morgan fingerprint density at radius 2 is 0.823 bits per heavy atom. The molecule has 0 bridgehead atoms. The molecule has 0 spiro atoms. The zero-order valence-electron chi connectivity index (χ0n) is 33.6. The fourth-order valence-electron chi connectivity index (χ4n) is 9.70. The van der Waals surface area contributed by atoms with Crippen LogP contribution in [0.1, 0.15) is 22.3 Å². The first-order valence-electron chi connectivity index (χ1n) is 21.0. The third kappa shape index (κ3) is 5.65. The summed E-state index contributed by atoms with van der Waals surface area (Å²) in [6, 6.07) is 79.2. The van der Waals surface area contributed by atoms with Gasteiger partial charge in [-0.15, -0.1) is 0 Å². The van der Waals surface area contributed by atoms with Crippen molar-refractivity contribution >= 4 is 21.9 Å². The van der Waals surface area contributed by atoms with E-state index in [1.54, 1.807) is 0 Å². The highest BCUT2D eigenvalue weighted by atomic mass is 16.3. The normalized spacial score (nSPS) is 12.6. The molecule has 0 saturated heterocycles. The highest BCUT2D eigenvalue weighted by Crippen LogP contribution is 2.58. The average molecular weight is 792 g/mol. The molecule has 2 aromatic heterocycles. The second-order valence-corrected chi connectivity index (χ2v) is 15.9. The van der Waals surface area contributed by atoms with Crippen molar-refractivity contribution in [2.24, 2.45) is 0 Å². The van der Waals surface area contributed by atoms with Gasteiger partial charge in [-0.25, -0.2) is 15.0 Å². The van der Waals surface area contributed by atoms with Gasteiger partial charge < -0.3 is 4.42 Å². The van der Waals surface area contributed by atoms with Crippen molar-refractivity contribution in [2.45, 2.75) is 5.41 Å². The highest BCUT2D eigenvalue weighted by molar-refractivity contribution is 6.13. The Bertz CT molecular complexity index is 3390. The number of fused-ring (bicyclic) bond motifs is 6. The number of nitrogens with zero attached hydrogens (tertiary/aromatic N) is 3. The van der Waals surface area contributed by atoms with E-state index >= 15 is 0 Å². The minimum Gasteiger partial charge on any atom is -0.456 e. The van der Waals surface area contributed by atoms with E-state index in [0.717, 1.165) is 66.4 Å². The van der Waals surface area contributed by atoms with Gasteiger partial charge in [-0.1, -0.05) is 206 Å². The molecule has 0 fully saturated rings. The first kappa shape index (κ1) is 35.7. The van der Waals surface area contributed by atoms with Crippen molar-refractivity contribution < 1.29 is 4.42 Å². The number of furan rings is 1. The SMILES string of the molecule is c1ccc(-c2ccc(-c3nc(-c4ccc5c(c4)oc4cccc(-c6ccccc6)c45)nc(-c4cccc5c4-c4ccccc4C5(c4ccccc4)c4ccccc4)n3)cc2)cc1. The lowest BCUT2D eigenvalue weighted by atomic mass is 9.67. The molecule has 0 aliphatic heterocycles. The number of aromatic nitrogens is 3. The molecule has 4 heteroatoms. The zero-order valence-corrected chi connectivity index (χ0v) is 33.6. The fourth-order valence-corrected chi connectivity index (χ4v) is 9.70. The van der Waals surface area contributed by atoms with Gasteiger partial charge in [0, 0.05) is 27.5 Å². The molecule has 4 nitrogen and oxygen atoms in total. The van der Waals surface area contributed by atoms with Gasteiger partial charge in [0.25, 0.3) is 0 Å². The highest BCUT2D eigenvalue weighted by Gasteiger charge is 2.47. The number of benzene rings is 9. The predicted octanol–water partition coefficient (Wildman–Crippen LogP) is 14.5. The van der Waals surface area contributed by atoms with E-state index in [4.69, 9.17) is 19.4 Å². The maximum atomic E-state index is 6.60. The lowest BCUT2D eigenvalue weighted by Crippen LogP contribution is -2.28. The largest absolute Gasteiger partial charge is 0.456 e. The molecule has 290 valence electrons. The standard InChI is InChI=1S/C58H37N3O/c1-5-17-38(18-6-1)39-31-33-41(34-32-39)55-59-56(42-35-36-47-52(37-42)62-51-30-16-26-45(54(47)51)40-19-7-2-8-20-40)61-57(60-55)48-27-15-29-50-53(48)46-25-13-14-28-49(46)58(50,43-21-9-3-10-22-43)44-23-11-4-12-24-44/h1-37H. The Kier molecular flexibility index (Phi) is 8.36. The van der Waals surface area contributed by atoms with Gasteiger partial charge in [0.2, 0.25) is 0 Å². The van der Waals surface area contributed by atoms with Crippen LogP contribution in [0.15, 0.2) is 229 Å². The smallest absolute Gasteiger partial charge is 0.164 e. The van der Waals surface area contributed by atoms with Crippen LogP contribution in [-0.2, 0) is 5.41 Å². The van der Waals surface area contributed by atoms with E-state index in [2.05, 4.69) is 206 Å². The van der Waals surface area contributed by atoms with Crippen molar-refractivity contribution in [3.8, 4) is 67.5 Å². The summed E-state index contributed by atoms with van der Waals surface area (Å²) in [6.45, 7) is 0. The summed E-state index contributed by atoms with van der Waals surface area (Å²) < 4.78 is 6.60. The Hall–Kier alpha value is -8.21. The Labute approximate surface area is 359 Å².